The average molecular weight is 324 g/mol. The standard InChI is InChI=1S/C19H20N2O3/c22-18-3-1-2-17-16-8-14(11-21(17)18)10-20(12-16)9-13-4-6-15(7-5-13)19(23)24/h1-7,14,16H,8-12H2,(H,23,24). The fraction of sp³-hybridized carbons (Fsp3) is 0.368. The molecule has 0 spiro atoms. The summed E-state index contributed by atoms with van der Waals surface area (Å²) in [6.45, 7) is 3.56. The molecule has 5 heteroatoms. The molecule has 4 rings (SSSR count). The first kappa shape index (κ1) is 15.1. The summed E-state index contributed by atoms with van der Waals surface area (Å²) in [5.41, 5.74) is 2.72. The summed E-state index contributed by atoms with van der Waals surface area (Å²) in [5.74, 6) is 0.0236. The Morgan fingerprint density at radius 2 is 1.88 bits per heavy atom. The summed E-state index contributed by atoms with van der Waals surface area (Å²) in [5, 5.41) is 8.98. The molecule has 2 aliphatic rings. The molecule has 24 heavy (non-hydrogen) atoms. The second-order valence-electron chi connectivity index (χ2n) is 6.89. The molecule has 2 unspecified atom stereocenters. The van der Waals surface area contributed by atoms with Crippen molar-refractivity contribution < 1.29 is 9.90 Å². The minimum Gasteiger partial charge on any atom is -0.478 e. The Bertz CT molecular complexity index is 825. The number of rotatable bonds is 3. The van der Waals surface area contributed by atoms with E-state index >= 15 is 0 Å². The van der Waals surface area contributed by atoms with E-state index in [0.717, 1.165) is 43.9 Å². The molecule has 2 aliphatic heterocycles. The number of aromatic carboxylic acids is 1. The van der Waals surface area contributed by atoms with E-state index in [1.165, 1.54) is 0 Å². The van der Waals surface area contributed by atoms with Crippen LogP contribution < -0.4 is 5.56 Å². The van der Waals surface area contributed by atoms with E-state index in [4.69, 9.17) is 5.11 Å². The van der Waals surface area contributed by atoms with Crippen LogP contribution in [0.5, 0.6) is 0 Å². The van der Waals surface area contributed by atoms with Gasteiger partial charge in [-0.25, -0.2) is 4.79 Å². The molecule has 1 aromatic carbocycles. The average Bonchev–Trinajstić information content (AvgIpc) is 2.56. The number of pyridine rings is 1. The van der Waals surface area contributed by atoms with Gasteiger partial charge in [-0.1, -0.05) is 18.2 Å². The molecule has 1 saturated heterocycles. The van der Waals surface area contributed by atoms with Crippen molar-refractivity contribution >= 4 is 5.97 Å². The van der Waals surface area contributed by atoms with E-state index in [9.17, 15) is 9.59 Å². The number of fused-ring (bicyclic) bond motifs is 4. The van der Waals surface area contributed by atoms with Crippen LogP contribution in [0, 0.1) is 5.92 Å². The highest BCUT2D eigenvalue weighted by Crippen LogP contribution is 2.35. The van der Waals surface area contributed by atoms with Gasteiger partial charge < -0.3 is 9.67 Å². The van der Waals surface area contributed by atoms with E-state index in [1.54, 1.807) is 18.2 Å². The van der Waals surface area contributed by atoms with Crippen LogP contribution in [0.15, 0.2) is 47.3 Å². The van der Waals surface area contributed by atoms with Crippen LogP contribution in [-0.4, -0.2) is 33.6 Å². The number of likely N-dealkylation sites (tertiary alicyclic amines) is 1. The van der Waals surface area contributed by atoms with Crippen molar-refractivity contribution in [2.24, 2.45) is 5.92 Å². The van der Waals surface area contributed by atoms with E-state index in [-0.39, 0.29) is 5.56 Å². The first-order valence-electron chi connectivity index (χ1n) is 8.34. The number of nitrogens with zero attached hydrogens (tertiary/aromatic N) is 2. The Hall–Kier alpha value is -2.40. The van der Waals surface area contributed by atoms with E-state index in [1.807, 2.05) is 22.8 Å². The molecule has 0 amide bonds. The maximum Gasteiger partial charge on any atom is 0.335 e. The van der Waals surface area contributed by atoms with Gasteiger partial charge in [0, 0.05) is 43.9 Å². The number of hydrogen-bond acceptors (Lipinski definition) is 3. The lowest BCUT2D eigenvalue weighted by Crippen LogP contribution is -2.46. The minimum atomic E-state index is -0.892. The minimum absolute atomic E-state index is 0.111. The number of benzene rings is 1. The third kappa shape index (κ3) is 2.76. The highest BCUT2D eigenvalue weighted by molar-refractivity contribution is 5.87. The monoisotopic (exact) mass is 324 g/mol. The fourth-order valence-corrected chi connectivity index (χ4v) is 4.14. The lowest BCUT2D eigenvalue weighted by atomic mass is 9.83. The highest BCUT2D eigenvalue weighted by atomic mass is 16.4. The Morgan fingerprint density at radius 1 is 1.08 bits per heavy atom. The molecular formula is C19H20N2O3. The van der Waals surface area contributed by atoms with Crippen LogP contribution in [0.1, 0.15) is 34.0 Å². The topological polar surface area (TPSA) is 62.5 Å². The lowest BCUT2D eigenvalue weighted by Gasteiger charge is -2.42. The summed E-state index contributed by atoms with van der Waals surface area (Å²) in [6, 6.07) is 12.7. The van der Waals surface area contributed by atoms with Crippen LogP contribution in [0.4, 0.5) is 0 Å². The van der Waals surface area contributed by atoms with Gasteiger partial charge in [-0.15, -0.1) is 0 Å². The van der Waals surface area contributed by atoms with Crippen molar-refractivity contribution in [2.75, 3.05) is 13.1 Å². The van der Waals surface area contributed by atoms with Crippen molar-refractivity contribution in [3.05, 3.63) is 69.6 Å². The van der Waals surface area contributed by atoms with E-state index < -0.39 is 5.97 Å². The van der Waals surface area contributed by atoms with Crippen molar-refractivity contribution in [1.82, 2.24) is 9.47 Å². The largest absolute Gasteiger partial charge is 0.478 e. The molecule has 1 aromatic heterocycles. The number of carbonyl (C=O) groups is 1. The van der Waals surface area contributed by atoms with Crippen LogP contribution >= 0.6 is 0 Å². The molecule has 3 heterocycles. The summed E-state index contributed by atoms with van der Waals surface area (Å²) in [4.78, 5) is 25.4. The van der Waals surface area contributed by atoms with Crippen molar-refractivity contribution in [2.45, 2.75) is 25.4 Å². The van der Waals surface area contributed by atoms with Crippen LogP contribution in [-0.2, 0) is 13.1 Å². The predicted molar refractivity (Wildman–Crippen MR) is 90.2 cm³/mol. The van der Waals surface area contributed by atoms with Gasteiger partial charge in [-0.2, -0.15) is 0 Å². The van der Waals surface area contributed by atoms with Gasteiger partial charge in [-0.05, 0) is 36.1 Å². The zero-order valence-electron chi connectivity index (χ0n) is 13.4. The molecule has 0 aliphatic carbocycles. The van der Waals surface area contributed by atoms with Gasteiger partial charge in [-0.3, -0.25) is 9.69 Å². The number of aromatic nitrogens is 1. The summed E-state index contributed by atoms with van der Waals surface area (Å²) in [7, 11) is 0. The van der Waals surface area contributed by atoms with Gasteiger partial charge in [0.25, 0.3) is 5.56 Å². The molecule has 1 fully saturated rings. The Balaban J connectivity index is 1.52. The van der Waals surface area contributed by atoms with E-state index in [2.05, 4.69) is 11.0 Å². The second kappa shape index (κ2) is 5.91. The van der Waals surface area contributed by atoms with E-state index in [0.29, 0.717) is 17.4 Å². The smallest absolute Gasteiger partial charge is 0.335 e. The maximum atomic E-state index is 12.1. The molecule has 124 valence electrons. The number of piperidine rings is 1. The first-order valence-corrected chi connectivity index (χ1v) is 8.34. The first-order chi connectivity index (χ1) is 11.6. The Morgan fingerprint density at radius 3 is 2.62 bits per heavy atom. The normalized spacial score (nSPS) is 22.8. The molecule has 5 nitrogen and oxygen atoms in total. The predicted octanol–water partition coefficient (Wildman–Crippen LogP) is 2.17. The van der Waals surface area contributed by atoms with Crippen LogP contribution in [0.2, 0.25) is 0 Å². The molecule has 0 radical (unpaired) electrons. The molecule has 1 N–H and O–H groups in total. The Labute approximate surface area is 140 Å². The zero-order valence-corrected chi connectivity index (χ0v) is 13.4. The van der Waals surface area contributed by atoms with Crippen molar-refractivity contribution in [3.63, 3.8) is 0 Å². The van der Waals surface area contributed by atoms with Gasteiger partial charge in [0.2, 0.25) is 0 Å². The van der Waals surface area contributed by atoms with Gasteiger partial charge >= 0.3 is 5.97 Å². The fourth-order valence-electron chi connectivity index (χ4n) is 4.14. The summed E-state index contributed by atoms with van der Waals surface area (Å²) < 4.78 is 1.94. The third-order valence-corrected chi connectivity index (χ3v) is 5.16. The van der Waals surface area contributed by atoms with Gasteiger partial charge in [0.05, 0.1) is 5.56 Å². The second-order valence-corrected chi connectivity index (χ2v) is 6.89. The molecule has 0 saturated carbocycles. The quantitative estimate of drug-likeness (QED) is 0.940. The van der Waals surface area contributed by atoms with Gasteiger partial charge in [0.15, 0.2) is 0 Å². The summed E-state index contributed by atoms with van der Waals surface area (Å²) >= 11 is 0. The van der Waals surface area contributed by atoms with Crippen molar-refractivity contribution in [3.8, 4) is 0 Å². The molecule has 2 bridgehead atoms. The van der Waals surface area contributed by atoms with Crippen LogP contribution in [0.3, 0.4) is 0 Å². The number of carboxylic acid groups (broad SMARTS) is 1. The number of hydrogen-bond donors (Lipinski definition) is 1. The SMILES string of the molecule is O=C(O)c1ccc(CN2CC3CC(C2)c2cccc(=O)n2C3)cc1. The van der Waals surface area contributed by atoms with Crippen LogP contribution in [0.25, 0.3) is 0 Å². The lowest BCUT2D eigenvalue weighted by molar-refractivity contribution is 0.0697. The molecule has 2 aromatic rings. The Kier molecular flexibility index (Phi) is 3.73. The molecule has 2 atom stereocenters. The highest BCUT2D eigenvalue weighted by Gasteiger charge is 2.34. The molecular weight excluding hydrogens is 304 g/mol. The zero-order chi connectivity index (χ0) is 16.7. The third-order valence-electron chi connectivity index (χ3n) is 5.16. The summed E-state index contributed by atoms with van der Waals surface area (Å²) in [6.07, 6.45) is 1.15. The maximum absolute atomic E-state index is 12.1. The van der Waals surface area contributed by atoms with Crippen molar-refractivity contribution in [1.29, 1.82) is 0 Å². The van der Waals surface area contributed by atoms with Gasteiger partial charge in [0.1, 0.15) is 0 Å². The number of carboxylic acids is 1.